The number of piperidine rings is 1. The lowest BCUT2D eigenvalue weighted by molar-refractivity contribution is 0.122. The molecule has 4 heteroatoms. The Hall–Kier alpha value is -0.770. The summed E-state index contributed by atoms with van der Waals surface area (Å²) in [5.41, 5.74) is 0. The predicted molar refractivity (Wildman–Crippen MR) is 67.0 cm³/mol. The van der Waals surface area contributed by atoms with Gasteiger partial charge in [0.05, 0.1) is 0 Å². The second-order valence-electron chi connectivity index (χ2n) is 5.22. The molecular weight excluding hydrogens is 216 g/mol. The standard InChI is InChI=1S/C13H24N2O2/c16-13(15-11-6-2-1-3-7-11)17-10-12-8-4-5-9-14-12/h11-12,14H,1-10H2,(H,15,16)/t12-/m0/s1. The predicted octanol–water partition coefficient (Wildman–Crippen LogP) is 2.19. The molecule has 1 heterocycles. The highest BCUT2D eigenvalue weighted by Gasteiger charge is 2.18. The Labute approximate surface area is 103 Å². The minimum absolute atomic E-state index is 0.232. The number of carbonyl (C=O) groups excluding carboxylic acids is 1. The minimum Gasteiger partial charge on any atom is -0.448 e. The molecule has 1 aliphatic carbocycles. The van der Waals surface area contributed by atoms with Gasteiger partial charge < -0.3 is 15.4 Å². The van der Waals surface area contributed by atoms with Crippen LogP contribution in [0.2, 0.25) is 0 Å². The third kappa shape index (κ3) is 4.54. The van der Waals surface area contributed by atoms with Gasteiger partial charge in [0.25, 0.3) is 0 Å². The Bertz CT molecular complexity index is 234. The van der Waals surface area contributed by atoms with E-state index in [0.717, 1.165) is 25.8 Å². The van der Waals surface area contributed by atoms with E-state index in [9.17, 15) is 4.79 Å². The first-order chi connectivity index (χ1) is 8.34. The number of alkyl carbamates (subject to hydrolysis) is 1. The summed E-state index contributed by atoms with van der Waals surface area (Å²) in [5, 5.41) is 6.34. The van der Waals surface area contributed by atoms with Gasteiger partial charge >= 0.3 is 6.09 Å². The summed E-state index contributed by atoms with van der Waals surface area (Å²) in [6.07, 6.45) is 9.35. The second kappa shape index (κ2) is 6.84. The van der Waals surface area contributed by atoms with Gasteiger partial charge in [-0.15, -0.1) is 0 Å². The zero-order valence-corrected chi connectivity index (χ0v) is 10.5. The smallest absolute Gasteiger partial charge is 0.407 e. The average Bonchev–Trinajstić information content (AvgIpc) is 2.39. The normalized spacial score (nSPS) is 26.5. The molecule has 0 aromatic carbocycles. The number of nitrogens with one attached hydrogen (secondary N) is 2. The van der Waals surface area contributed by atoms with E-state index in [2.05, 4.69) is 10.6 Å². The number of ether oxygens (including phenoxy) is 1. The molecule has 0 aromatic rings. The fraction of sp³-hybridized carbons (Fsp3) is 0.923. The Morgan fingerprint density at radius 2 is 1.88 bits per heavy atom. The highest BCUT2D eigenvalue weighted by molar-refractivity contribution is 5.67. The summed E-state index contributed by atoms with van der Waals surface area (Å²) < 4.78 is 5.27. The number of rotatable bonds is 3. The van der Waals surface area contributed by atoms with Gasteiger partial charge in [-0.1, -0.05) is 25.7 Å². The van der Waals surface area contributed by atoms with Crippen molar-refractivity contribution in [2.75, 3.05) is 13.2 Å². The molecule has 4 nitrogen and oxygen atoms in total. The van der Waals surface area contributed by atoms with E-state index in [0.29, 0.717) is 18.7 Å². The van der Waals surface area contributed by atoms with Crippen molar-refractivity contribution in [1.82, 2.24) is 10.6 Å². The van der Waals surface area contributed by atoms with Gasteiger partial charge in [0, 0.05) is 12.1 Å². The van der Waals surface area contributed by atoms with Crippen LogP contribution in [-0.4, -0.2) is 31.3 Å². The topological polar surface area (TPSA) is 50.4 Å². The number of hydrogen-bond acceptors (Lipinski definition) is 3. The first-order valence-electron chi connectivity index (χ1n) is 7.01. The second-order valence-corrected chi connectivity index (χ2v) is 5.22. The van der Waals surface area contributed by atoms with Crippen LogP contribution < -0.4 is 10.6 Å². The van der Waals surface area contributed by atoms with E-state index < -0.39 is 0 Å². The molecule has 0 aromatic heterocycles. The van der Waals surface area contributed by atoms with Crippen molar-refractivity contribution in [2.24, 2.45) is 0 Å². The fourth-order valence-electron chi connectivity index (χ4n) is 2.70. The van der Waals surface area contributed by atoms with Gasteiger partial charge in [0.2, 0.25) is 0 Å². The van der Waals surface area contributed by atoms with E-state index >= 15 is 0 Å². The number of hydrogen-bond donors (Lipinski definition) is 2. The van der Waals surface area contributed by atoms with Gasteiger partial charge in [0.15, 0.2) is 0 Å². The monoisotopic (exact) mass is 240 g/mol. The molecule has 2 rings (SSSR count). The largest absolute Gasteiger partial charge is 0.448 e. The fourth-order valence-corrected chi connectivity index (χ4v) is 2.70. The summed E-state index contributed by atoms with van der Waals surface area (Å²) in [4.78, 5) is 11.6. The van der Waals surface area contributed by atoms with Gasteiger partial charge in [0.1, 0.15) is 6.61 Å². The Morgan fingerprint density at radius 3 is 2.59 bits per heavy atom. The van der Waals surface area contributed by atoms with Crippen LogP contribution in [0.5, 0.6) is 0 Å². The van der Waals surface area contributed by atoms with Crippen LogP contribution in [-0.2, 0) is 4.74 Å². The molecule has 0 spiro atoms. The summed E-state index contributed by atoms with van der Waals surface area (Å²) in [7, 11) is 0. The highest BCUT2D eigenvalue weighted by atomic mass is 16.5. The maximum Gasteiger partial charge on any atom is 0.407 e. The highest BCUT2D eigenvalue weighted by Crippen LogP contribution is 2.17. The zero-order chi connectivity index (χ0) is 11.9. The molecule has 2 aliphatic rings. The van der Waals surface area contributed by atoms with Crippen LogP contribution in [0.1, 0.15) is 51.4 Å². The first-order valence-corrected chi connectivity index (χ1v) is 7.01. The lowest BCUT2D eigenvalue weighted by Gasteiger charge is -2.25. The summed E-state index contributed by atoms with van der Waals surface area (Å²) >= 11 is 0. The molecule has 1 atom stereocenters. The SMILES string of the molecule is O=C(NC1CCCCC1)OC[C@@H]1CCCCN1. The maximum absolute atomic E-state index is 11.6. The Kier molecular flexibility index (Phi) is 5.10. The van der Waals surface area contributed by atoms with Gasteiger partial charge in [-0.2, -0.15) is 0 Å². The number of amides is 1. The first kappa shape index (κ1) is 12.7. The number of carbonyl (C=O) groups is 1. The third-order valence-electron chi connectivity index (χ3n) is 3.76. The molecule has 1 aliphatic heterocycles. The van der Waals surface area contributed by atoms with Crippen molar-refractivity contribution in [1.29, 1.82) is 0 Å². The molecule has 1 saturated carbocycles. The molecule has 0 bridgehead atoms. The third-order valence-corrected chi connectivity index (χ3v) is 3.76. The van der Waals surface area contributed by atoms with E-state index in [-0.39, 0.29) is 6.09 Å². The molecule has 1 saturated heterocycles. The molecule has 2 N–H and O–H groups in total. The summed E-state index contributed by atoms with van der Waals surface area (Å²) in [6.45, 7) is 1.57. The van der Waals surface area contributed by atoms with Crippen LogP contribution in [0.25, 0.3) is 0 Å². The van der Waals surface area contributed by atoms with Crippen molar-refractivity contribution in [2.45, 2.75) is 63.5 Å². The van der Waals surface area contributed by atoms with Crippen molar-refractivity contribution >= 4 is 6.09 Å². The van der Waals surface area contributed by atoms with E-state index in [4.69, 9.17) is 4.74 Å². The van der Waals surface area contributed by atoms with Crippen molar-refractivity contribution < 1.29 is 9.53 Å². The lowest BCUT2D eigenvalue weighted by atomic mass is 9.96. The molecule has 98 valence electrons. The van der Waals surface area contributed by atoms with Crippen molar-refractivity contribution in [3.63, 3.8) is 0 Å². The molecule has 17 heavy (non-hydrogen) atoms. The van der Waals surface area contributed by atoms with Crippen LogP contribution in [0.4, 0.5) is 4.79 Å². The van der Waals surface area contributed by atoms with Crippen molar-refractivity contribution in [3.8, 4) is 0 Å². The molecule has 1 amide bonds. The van der Waals surface area contributed by atoms with Gasteiger partial charge in [-0.25, -0.2) is 4.79 Å². The summed E-state index contributed by atoms with van der Waals surface area (Å²) in [5.74, 6) is 0. The van der Waals surface area contributed by atoms with Gasteiger partial charge in [-0.3, -0.25) is 0 Å². The Morgan fingerprint density at radius 1 is 1.12 bits per heavy atom. The van der Waals surface area contributed by atoms with E-state index in [1.165, 1.54) is 32.1 Å². The van der Waals surface area contributed by atoms with Crippen LogP contribution in [0.3, 0.4) is 0 Å². The van der Waals surface area contributed by atoms with E-state index in [1.807, 2.05) is 0 Å². The van der Waals surface area contributed by atoms with Crippen LogP contribution in [0.15, 0.2) is 0 Å². The van der Waals surface area contributed by atoms with Crippen LogP contribution >= 0.6 is 0 Å². The molecule has 0 unspecified atom stereocenters. The molecule has 0 radical (unpaired) electrons. The van der Waals surface area contributed by atoms with Crippen molar-refractivity contribution in [3.05, 3.63) is 0 Å². The van der Waals surface area contributed by atoms with Crippen LogP contribution in [0, 0.1) is 0 Å². The molecule has 2 fully saturated rings. The molecular formula is C13H24N2O2. The van der Waals surface area contributed by atoms with Gasteiger partial charge in [-0.05, 0) is 32.2 Å². The Balaban J connectivity index is 1.59. The summed E-state index contributed by atoms with van der Waals surface area (Å²) in [6, 6.07) is 0.705. The zero-order valence-electron chi connectivity index (χ0n) is 10.5. The quantitative estimate of drug-likeness (QED) is 0.795. The minimum atomic E-state index is -0.232. The van der Waals surface area contributed by atoms with E-state index in [1.54, 1.807) is 0 Å². The average molecular weight is 240 g/mol. The maximum atomic E-state index is 11.6. The lowest BCUT2D eigenvalue weighted by Crippen LogP contribution is -2.41.